The third-order valence-electron chi connectivity index (χ3n) is 3.12. The average molecular weight is 391 g/mol. The van der Waals surface area contributed by atoms with E-state index in [1.165, 1.54) is 4.80 Å². The molecule has 0 saturated heterocycles. The number of hydrogen-bond donors (Lipinski definition) is 2. The van der Waals surface area contributed by atoms with Gasteiger partial charge in [0.05, 0.1) is 13.2 Å². The maximum absolute atomic E-state index is 8.95. The van der Waals surface area contributed by atoms with Gasteiger partial charge < -0.3 is 15.6 Å². The van der Waals surface area contributed by atoms with Gasteiger partial charge in [-0.3, -0.25) is 0 Å². The van der Waals surface area contributed by atoms with Crippen LogP contribution in [0, 0.1) is 0 Å². The smallest absolute Gasteiger partial charge is 0.219 e. The van der Waals surface area contributed by atoms with Crippen LogP contribution in [0.3, 0.4) is 0 Å². The van der Waals surface area contributed by atoms with Crippen LogP contribution in [0.15, 0.2) is 47.1 Å². The lowest BCUT2D eigenvalue weighted by Crippen LogP contribution is -2.30. The Hall–Kier alpha value is -2.36. The normalized spacial score (nSPS) is 12.1. The summed E-state index contributed by atoms with van der Waals surface area (Å²) in [6.45, 7) is 0.174. The van der Waals surface area contributed by atoms with Gasteiger partial charge in [0.2, 0.25) is 11.7 Å². The van der Waals surface area contributed by atoms with Crippen LogP contribution in [0.1, 0.15) is 0 Å². The minimum absolute atomic E-state index is 0.132. The van der Waals surface area contributed by atoms with Crippen molar-refractivity contribution in [2.45, 2.75) is 12.6 Å². The Morgan fingerprint density at radius 2 is 2.00 bits per heavy atom. The molecule has 24 heavy (non-hydrogen) atoms. The van der Waals surface area contributed by atoms with E-state index in [1.54, 1.807) is 24.4 Å². The van der Waals surface area contributed by atoms with Crippen molar-refractivity contribution in [2.75, 3.05) is 6.61 Å². The number of aliphatic hydroxyl groups is 1. The van der Waals surface area contributed by atoms with Gasteiger partial charge in [0, 0.05) is 28.3 Å². The summed E-state index contributed by atoms with van der Waals surface area (Å²) in [5.74, 6) is 1.64. The number of aromatic nitrogens is 5. The Labute approximate surface area is 146 Å². The van der Waals surface area contributed by atoms with Crippen molar-refractivity contribution in [3.05, 3.63) is 47.1 Å². The molecule has 1 atom stereocenters. The van der Waals surface area contributed by atoms with Crippen molar-refractivity contribution in [3.8, 4) is 23.0 Å². The quantitative estimate of drug-likeness (QED) is 0.657. The van der Waals surface area contributed by atoms with Crippen LogP contribution >= 0.6 is 15.9 Å². The fourth-order valence-electron chi connectivity index (χ4n) is 1.92. The molecular formula is C15H15BrN6O2. The van der Waals surface area contributed by atoms with Gasteiger partial charge in [-0.25, -0.2) is 4.98 Å². The van der Waals surface area contributed by atoms with Gasteiger partial charge in [0.25, 0.3) is 0 Å². The molecule has 1 aromatic carbocycles. The third kappa shape index (κ3) is 4.13. The number of halogens is 1. The van der Waals surface area contributed by atoms with Gasteiger partial charge in [-0.1, -0.05) is 0 Å². The number of nitrogens with two attached hydrogens (primary N) is 1. The number of nitrogens with zero attached hydrogens (tertiary/aromatic N) is 5. The van der Waals surface area contributed by atoms with Gasteiger partial charge in [0.1, 0.15) is 5.75 Å². The van der Waals surface area contributed by atoms with Crippen molar-refractivity contribution in [1.29, 1.82) is 0 Å². The molecule has 0 aliphatic carbocycles. The van der Waals surface area contributed by atoms with E-state index in [9.17, 15) is 0 Å². The van der Waals surface area contributed by atoms with Crippen LogP contribution in [0.25, 0.3) is 11.4 Å². The molecule has 0 aliphatic heterocycles. The SMILES string of the molecule is N[C@H](CO)Cn1nnc(-c2ccc(Oc3ccc(Br)cn3)cc2)n1. The molecule has 3 rings (SSSR count). The van der Waals surface area contributed by atoms with Gasteiger partial charge in [0.15, 0.2) is 0 Å². The molecule has 0 saturated carbocycles. The number of aliphatic hydroxyl groups excluding tert-OH is 1. The van der Waals surface area contributed by atoms with Crippen LogP contribution in [-0.4, -0.2) is 42.9 Å². The molecule has 0 amide bonds. The number of benzene rings is 1. The van der Waals surface area contributed by atoms with E-state index >= 15 is 0 Å². The van der Waals surface area contributed by atoms with Crippen LogP contribution in [0.5, 0.6) is 11.6 Å². The summed E-state index contributed by atoms with van der Waals surface area (Å²) in [6.07, 6.45) is 1.67. The number of tetrazole rings is 1. The van der Waals surface area contributed by atoms with E-state index in [0.29, 0.717) is 24.0 Å². The summed E-state index contributed by atoms with van der Waals surface area (Å²) in [6, 6.07) is 10.5. The summed E-state index contributed by atoms with van der Waals surface area (Å²) in [7, 11) is 0. The first-order chi connectivity index (χ1) is 11.6. The second kappa shape index (κ2) is 7.47. The zero-order valence-electron chi connectivity index (χ0n) is 12.6. The van der Waals surface area contributed by atoms with Crippen molar-refractivity contribution in [3.63, 3.8) is 0 Å². The van der Waals surface area contributed by atoms with E-state index in [1.807, 2.05) is 18.2 Å². The first-order valence-corrected chi connectivity index (χ1v) is 7.97. The molecule has 0 fully saturated rings. The molecule has 0 radical (unpaired) electrons. The number of ether oxygens (including phenoxy) is 1. The second-order valence-corrected chi connectivity index (χ2v) is 5.97. The second-order valence-electron chi connectivity index (χ2n) is 5.05. The summed E-state index contributed by atoms with van der Waals surface area (Å²) < 4.78 is 6.55. The highest BCUT2D eigenvalue weighted by Gasteiger charge is 2.09. The van der Waals surface area contributed by atoms with Crippen molar-refractivity contribution in [1.82, 2.24) is 25.2 Å². The topological polar surface area (TPSA) is 112 Å². The monoisotopic (exact) mass is 390 g/mol. The van der Waals surface area contributed by atoms with E-state index in [4.69, 9.17) is 15.6 Å². The molecule has 124 valence electrons. The predicted octanol–water partition coefficient (Wildman–Crippen LogP) is 1.61. The first kappa shape index (κ1) is 16.5. The average Bonchev–Trinajstić information content (AvgIpc) is 3.06. The molecular weight excluding hydrogens is 376 g/mol. The van der Waals surface area contributed by atoms with Crippen LogP contribution in [0.2, 0.25) is 0 Å². The molecule has 0 unspecified atom stereocenters. The van der Waals surface area contributed by atoms with E-state index in [0.717, 1.165) is 10.0 Å². The molecule has 0 spiro atoms. The van der Waals surface area contributed by atoms with Crippen LogP contribution < -0.4 is 10.5 Å². The van der Waals surface area contributed by atoms with E-state index < -0.39 is 6.04 Å². The summed E-state index contributed by atoms with van der Waals surface area (Å²) >= 11 is 3.33. The molecule has 2 heterocycles. The lowest BCUT2D eigenvalue weighted by atomic mass is 10.2. The van der Waals surface area contributed by atoms with Crippen molar-refractivity contribution in [2.24, 2.45) is 5.73 Å². The molecule has 2 aromatic heterocycles. The Morgan fingerprint density at radius 3 is 2.67 bits per heavy atom. The minimum Gasteiger partial charge on any atom is -0.439 e. The lowest BCUT2D eigenvalue weighted by molar-refractivity contribution is 0.245. The molecule has 0 aliphatic rings. The zero-order valence-corrected chi connectivity index (χ0v) is 14.2. The van der Waals surface area contributed by atoms with Gasteiger partial charge in [-0.05, 0) is 51.5 Å². The zero-order chi connectivity index (χ0) is 16.9. The van der Waals surface area contributed by atoms with Gasteiger partial charge in [-0.15, -0.1) is 10.2 Å². The number of pyridine rings is 1. The fraction of sp³-hybridized carbons (Fsp3) is 0.200. The molecule has 3 aromatic rings. The Balaban J connectivity index is 1.69. The molecule has 8 nitrogen and oxygen atoms in total. The Morgan fingerprint density at radius 1 is 1.21 bits per heavy atom. The summed E-state index contributed by atoms with van der Waals surface area (Å²) in [5.41, 5.74) is 6.45. The molecule has 0 bridgehead atoms. The highest BCUT2D eigenvalue weighted by Crippen LogP contribution is 2.23. The van der Waals surface area contributed by atoms with Gasteiger partial charge >= 0.3 is 0 Å². The maximum Gasteiger partial charge on any atom is 0.219 e. The Bertz CT molecular complexity index is 790. The fourth-order valence-corrected chi connectivity index (χ4v) is 2.15. The van der Waals surface area contributed by atoms with Crippen molar-refractivity contribution < 1.29 is 9.84 Å². The third-order valence-corrected chi connectivity index (χ3v) is 3.59. The highest BCUT2D eigenvalue weighted by atomic mass is 79.9. The van der Waals surface area contributed by atoms with E-state index in [-0.39, 0.29) is 6.61 Å². The Kier molecular flexibility index (Phi) is 5.14. The number of rotatable bonds is 6. The first-order valence-electron chi connectivity index (χ1n) is 7.18. The summed E-state index contributed by atoms with van der Waals surface area (Å²) in [4.78, 5) is 5.52. The number of hydrogen-bond acceptors (Lipinski definition) is 7. The summed E-state index contributed by atoms with van der Waals surface area (Å²) in [5, 5.41) is 21.1. The van der Waals surface area contributed by atoms with Crippen LogP contribution in [-0.2, 0) is 6.54 Å². The predicted molar refractivity (Wildman–Crippen MR) is 90.3 cm³/mol. The van der Waals surface area contributed by atoms with Crippen molar-refractivity contribution >= 4 is 15.9 Å². The minimum atomic E-state index is -0.416. The highest BCUT2D eigenvalue weighted by molar-refractivity contribution is 9.10. The lowest BCUT2D eigenvalue weighted by Gasteiger charge is -2.05. The largest absolute Gasteiger partial charge is 0.439 e. The molecule has 9 heteroatoms. The molecule has 3 N–H and O–H groups in total. The standard InChI is InChI=1S/C15H15BrN6O2/c16-11-3-6-14(18-7-11)24-13-4-1-10(2-5-13)15-19-21-22(20-15)8-12(17)9-23/h1-7,12,23H,8-9,17H2/t12-/m0/s1. The maximum atomic E-state index is 8.95. The van der Waals surface area contributed by atoms with Gasteiger partial charge in [-0.2, -0.15) is 4.80 Å². The van der Waals surface area contributed by atoms with Crippen LogP contribution in [0.4, 0.5) is 0 Å². The van der Waals surface area contributed by atoms with E-state index in [2.05, 4.69) is 36.3 Å².